The first kappa shape index (κ1) is 11.2. The summed E-state index contributed by atoms with van der Waals surface area (Å²) in [5.41, 5.74) is 3.19. The molecule has 0 bridgehead atoms. The molecule has 0 unspecified atom stereocenters. The Kier molecular flexibility index (Phi) is 3.27. The van der Waals surface area contributed by atoms with Gasteiger partial charge in [0.15, 0.2) is 5.15 Å². The highest BCUT2D eigenvalue weighted by Gasteiger charge is 2.10. The minimum atomic E-state index is 0.535. The van der Waals surface area contributed by atoms with Crippen LogP contribution in [-0.2, 0) is 6.54 Å². The van der Waals surface area contributed by atoms with Crippen LogP contribution in [0.25, 0.3) is 11.4 Å². The van der Waals surface area contributed by atoms with Crippen molar-refractivity contribution in [2.45, 2.75) is 13.5 Å². The number of hydrogen-bond donors (Lipinski definition) is 2. The van der Waals surface area contributed by atoms with E-state index >= 15 is 0 Å². The zero-order valence-corrected chi connectivity index (χ0v) is 10.1. The fourth-order valence-electron chi connectivity index (χ4n) is 1.65. The average molecular weight is 236 g/mol. The lowest BCUT2D eigenvalue weighted by Crippen LogP contribution is -2.05. The van der Waals surface area contributed by atoms with Gasteiger partial charge in [0.05, 0.1) is 5.69 Å². The summed E-state index contributed by atoms with van der Waals surface area (Å²) in [6.45, 7) is 2.75. The Balaban J connectivity index is 2.42. The number of aromatic nitrogens is 2. The van der Waals surface area contributed by atoms with E-state index in [2.05, 4.69) is 28.3 Å². The zero-order chi connectivity index (χ0) is 11.5. The maximum atomic E-state index is 6.04. The normalized spacial score (nSPS) is 10.7. The zero-order valence-electron chi connectivity index (χ0n) is 9.34. The van der Waals surface area contributed by atoms with Crippen LogP contribution < -0.4 is 5.32 Å². The van der Waals surface area contributed by atoms with Crippen LogP contribution in [0.5, 0.6) is 0 Å². The third-order valence-electron chi connectivity index (χ3n) is 2.48. The van der Waals surface area contributed by atoms with E-state index < -0.39 is 0 Å². The number of aromatic amines is 1. The van der Waals surface area contributed by atoms with Gasteiger partial charge in [-0.15, -0.1) is 0 Å². The van der Waals surface area contributed by atoms with Gasteiger partial charge in [-0.1, -0.05) is 35.9 Å². The van der Waals surface area contributed by atoms with Crippen molar-refractivity contribution in [1.82, 2.24) is 15.3 Å². The number of hydrogen-bond acceptors (Lipinski definition) is 2. The molecule has 84 valence electrons. The van der Waals surface area contributed by atoms with Crippen molar-refractivity contribution >= 4 is 11.6 Å². The van der Waals surface area contributed by atoms with E-state index in [-0.39, 0.29) is 0 Å². The highest BCUT2D eigenvalue weighted by Crippen LogP contribution is 2.23. The van der Waals surface area contributed by atoms with Gasteiger partial charge in [-0.25, -0.2) is 4.98 Å². The summed E-state index contributed by atoms with van der Waals surface area (Å²) in [5, 5.41) is 3.58. The lowest BCUT2D eigenvalue weighted by atomic mass is 10.1. The second-order valence-corrected chi connectivity index (χ2v) is 4.06. The summed E-state index contributed by atoms with van der Waals surface area (Å²) in [7, 11) is 1.88. The fourth-order valence-corrected chi connectivity index (χ4v) is 1.85. The summed E-state index contributed by atoms with van der Waals surface area (Å²) in [6, 6.07) is 8.10. The molecule has 1 aromatic heterocycles. The second kappa shape index (κ2) is 4.68. The minimum Gasteiger partial charge on any atom is -0.339 e. The molecule has 1 aromatic carbocycles. The van der Waals surface area contributed by atoms with Crippen molar-refractivity contribution in [3.63, 3.8) is 0 Å². The van der Waals surface area contributed by atoms with Gasteiger partial charge in [0.25, 0.3) is 0 Å². The number of aryl methyl sites for hydroxylation is 1. The molecule has 0 saturated heterocycles. The fraction of sp³-hybridized carbons (Fsp3) is 0.250. The maximum Gasteiger partial charge on any atom is 0.152 e. The van der Waals surface area contributed by atoms with Crippen LogP contribution in [0, 0.1) is 6.92 Å². The molecule has 4 heteroatoms. The number of rotatable bonds is 3. The quantitative estimate of drug-likeness (QED) is 0.859. The molecule has 1 heterocycles. The van der Waals surface area contributed by atoms with Gasteiger partial charge in [0.1, 0.15) is 5.82 Å². The van der Waals surface area contributed by atoms with Crippen molar-refractivity contribution in [1.29, 1.82) is 0 Å². The number of benzene rings is 1. The molecule has 16 heavy (non-hydrogen) atoms. The van der Waals surface area contributed by atoms with E-state index in [0.29, 0.717) is 11.7 Å². The smallest absolute Gasteiger partial charge is 0.152 e. The summed E-state index contributed by atoms with van der Waals surface area (Å²) in [6.07, 6.45) is 0. The number of nitrogens with zero attached hydrogens (tertiary/aromatic N) is 1. The van der Waals surface area contributed by atoms with Crippen LogP contribution in [0.1, 0.15) is 11.3 Å². The van der Waals surface area contributed by atoms with E-state index in [4.69, 9.17) is 11.6 Å². The first-order valence-corrected chi connectivity index (χ1v) is 5.55. The van der Waals surface area contributed by atoms with Crippen LogP contribution >= 0.6 is 11.6 Å². The molecule has 0 amide bonds. The van der Waals surface area contributed by atoms with Crippen LogP contribution in [-0.4, -0.2) is 17.0 Å². The molecule has 2 rings (SSSR count). The topological polar surface area (TPSA) is 40.7 Å². The molecule has 0 atom stereocenters. The van der Waals surface area contributed by atoms with Crippen molar-refractivity contribution in [3.8, 4) is 11.4 Å². The standard InChI is InChI=1S/C12H14ClN3/c1-8-5-3-4-6-9(8)12-15-10(7-14-2)11(13)16-12/h3-6,14H,7H2,1-2H3,(H,15,16). The van der Waals surface area contributed by atoms with E-state index in [1.807, 2.05) is 25.2 Å². The molecular formula is C12H14ClN3. The highest BCUT2D eigenvalue weighted by atomic mass is 35.5. The molecule has 2 N–H and O–H groups in total. The number of nitrogens with one attached hydrogen (secondary N) is 2. The third kappa shape index (κ3) is 2.10. The summed E-state index contributed by atoms with van der Waals surface area (Å²) >= 11 is 6.04. The van der Waals surface area contributed by atoms with Gasteiger partial charge >= 0.3 is 0 Å². The summed E-state index contributed by atoms with van der Waals surface area (Å²) in [5.74, 6) is 0.827. The first-order chi connectivity index (χ1) is 7.72. The molecule has 0 radical (unpaired) electrons. The maximum absolute atomic E-state index is 6.04. The molecule has 3 nitrogen and oxygen atoms in total. The van der Waals surface area contributed by atoms with Crippen molar-refractivity contribution in [3.05, 3.63) is 40.7 Å². The first-order valence-electron chi connectivity index (χ1n) is 5.17. The largest absolute Gasteiger partial charge is 0.339 e. The molecule has 0 aliphatic heterocycles. The Morgan fingerprint density at radius 3 is 2.81 bits per heavy atom. The van der Waals surface area contributed by atoms with Crippen molar-refractivity contribution < 1.29 is 0 Å². The summed E-state index contributed by atoms with van der Waals surface area (Å²) in [4.78, 5) is 7.56. The Bertz CT molecular complexity index is 491. The molecular weight excluding hydrogens is 222 g/mol. The predicted molar refractivity (Wildman–Crippen MR) is 66.5 cm³/mol. The van der Waals surface area contributed by atoms with Crippen molar-refractivity contribution in [2.24, 2.45) is 0 Å². The Morgan fingerprint density at radius 2 is 2.12 bits per heavy atom. The lowest BCUT2D eigenvalue weighted by molar-refractivity contribution is 0.798. The van der Waals surface area contributed by atoms with Gasteiger partial charge in [-0.3, -0.25) is 0 Å². The van der Waals surface area contributed by atoms with Gasteiger partial charge in [-0.2, -0.15) is 0 Å². The van der Waals surface area contributed by atoms with E-state index in [1.165, 1.54) is 5.56 Å². The van der Waals surface area contributed by atoms with Gasteiger partial charge < -0.3 is 10.3 Å². The molecule has 0 spiro atoms. The van der Waals surface area contributed by atoms with Crippen LogP contribution in [0.2, 0.25) is 5.15 Å². The minimum absolute atomic E-state index is 0.535. The van der Waals surface area contributed by atoms with Crippen LogP contribution in [0.3, 0.4) is 0 Å². The summed E-state index contributed by atoms with van der Waals surface area (Å²) < 4.78 is 0. The van der Waals surface area contributed by atoms with E-state index in [1.54, 1.807) is 0 Å². The number of H-pyrrole nitrogens is 1. The van der Waals surface area contributed by atoms with Crippen LogP contribution in [0.4, 0.5) is 0 Å². The molecule has 0 aliphatic carbocycles. The molecule has 0 aliphatic rings. The van der Waals surface area contributed by atoms with E-state index in [0.717, 1.165) is 17.1 Å². The predicted octanol–water partition coefficient (Wildman–Crippen LogP) is 2.76. The van der Waals surface area contributed by atoms with Crippen LogP contribution in [0.15, 0.2) is 24.3 Å². The molecule has 0 fully saturated rings. The third-order valence-corrected chi connectivity index (χ3v) is 2.79. The Morgan fingerprint density at radius 1 is 1.38 bits per heavy atom. The van der Waals surface area contributed by atoms with Crippen molar-refractivity contribution in [2.75, 3.05) is 7.05 Å². The molecule has 0 saturated carbocycles. The highest BCUT2D eigenvalue weighted by molar-refractivity contribution is 6.30. The lowest BCUT2D eigenvalue weighted by Gasteiger charge is -2.00. The SMILES string of the molecule is CNCc1[nH]c(-c2ccccc2C)nc1Cl. The van der Waals surface area contributed by atoms with E-state index in [9.17, 15) is 0 Å². The average Bonchev–Trinajstić information content (AvgIpc) is 2.61. The number of imidazole rings is 1. The van der Waals surface area contributed by atoms with Gasteiger partial charge in [0, 0.05) is 12.1 Å². The number of halogens is 1. The van der Waals surface area contributed by atoms with Gasteiger partial charge in [-0.05, 0) is 19.5 Å². The monoisotopic (exact) mass is 235 g/mol. The van der Waals surface area contributed by atoms with Gasteiger partial charge in [0.2, 0.25) is 0 Å². The Hall–Kier alpha value is -1.32. The second-order valence-electron chi connectivity index (χ2n) is 3.70. The molecule has 2 aromatic rings. The Labute approximate surface area is 99.9 Å².